The van der Waals surface area contributed by atoms with Crippen molar-refractivity contribution in [1.82, 2.24) is 10.2 Å². The molecule has 1 atom stereocenters. The van der Waals surface area contributed by atoms with E-state index in [0.29, 0.717) is 6.61 Å². The number of rotatable bonds is 8. The summed E-state index contributed by atoms with van der Waals surface area (Å²) in [6.45, 7) is 9.69. The van der Waals surface area contributed by atoms with Crippen LogP contribution in [0.15, 0.2) is 24.3 Å². The molecule has 0 aliphatic carbocycles. The maximum atomic E-state index is 10.6. The molecule has 0 spiro atoms. The zero-order valence-corrected chi connectivity index (χ0v) is 12.4. The molecule has 112 valence electrons. The van der Waals surface area contributed by atoms with Crippen LogP contribution in [0.25, 0.3) is 0 Å². The van der Waals surface area contributed by atoms with Crippen molar-refractivity contribution in [3.63, 3.8) is 0 Å². The molecule has 0 saturated heterocycles. The Morgan fingerprint density at radius 1 is 1.30 bits per heavy atom. The number of hydrogen-bond donors (Lipinski definition) is 2. The van der Waals surface area contributed by atoms with Crippen LogP contribution < -0.4 is 10.1 Å². The van der Waals surface area contributed by atoms with Gasteiger partial charge >= 0.3 is 6.09 Å². The van der Waals surface area contributed by atoms with E-state index in [9.17, 15) is 4.79 Å². The van der Waals surface area contributed by atoms with Crippen LogP contribution in [-0.2, 0) is 0 Å². The van der Waals surface area contributed by atoms with Crippen molar-refractivity contribution in [2.75, 3.05) is 26.2 Å². The van der Waals surface area contributed by atoms with Gasteiger partial charge in [-0.15, -0.1) is 0 Å². The number of nitrogens with one attached hydrogen (secondary N) is 1. The number of carboxylic acid groups (broad SMARTS) is 1. The first-order chi connectivity index (χ1) is 9.56. The van der Waals surface area contributed by atoms with Crippen molar-refractivity contribution in [2.45, 2.75) is 26.8 Å². The quantitative estimate of drug-likeness (QED) is 0.768. The fraction of sp³-hybridized carbons (Fsp3) is 0.533. The molecule has 0 saturated carbocycles. The van der Waals surface area contributed by atoms with E-state index in [4.69, 9.17) is 9.84 Å². The molecule has 0 fully saturated rings. The van der Waals surface area contributed by atoms with Crippen molar-refractivity contribution < 1.29 is 14.6 Å². The minimum atomic E-state index is -1.02. The van der Waals surface area contributed by atoms with Crippen molar-refractivity contribution >= 4 is 6.09 Å². The lowest BCUT2D eigenvalue weighted by Gasteiger charge is -2.18. The highest BCUT2D eigenvalue weighted by Crippen LogP contribution is 2.17. The van der Waals surface area contributed by atoms with Gasteiger partial charge in [0.25, 0.3) is 0 Å². The molecule has 1 aromatic rings. The zero-order valence-electron chi connectivity index (χ0n) is 12.4. The lowest BCUT2D eigenvalue weighted by atomic mass is 10.1. The minimum absolute atomic E-state index is 0.225. The topological polar surface area (TPSA) is 61.8 Å². The summed E-state index contributed by atoms with van der Waals surface area (Å²) in [7, 11) is 0. The summed E-state index contributed by atoms with van der Waals surface area (Å²) in [5.74, 6) is 0.809. The molecular formula is C15H24N2O3. The van der Waals surface area contributed by atoms with Crippen LogP contribution in [0.1, 0.15) is 32.4 Å². The SMILES string of the molecule is CCN(CC)CCOc1ccc([C@H](C)NC(=O)O)cc1. The Hall–Kier alpha value is -1.75. The lowest BCUT2D eigenvalue weighted by molar-refractivity contribution is 0.191. The number of ether oxygens (including phenoxy) is 1. The molecule has 0 bridgehead atoms. The number of hydrogen-bond acceptors (Lipinski definition) is 3. The van der Waals surface area contributed by atoms with Crippen molar-refractivity contribution in [1.29, 1.82) is 0 Å². The normalized spacial score (nSPS) is 12.2. The first kappa shape index (κ1) is 16.3. The van der Waals surface area contributed by atoms with E-state index in [1.807, 2.05) is 31.2 Å². The van der Waals surface area contributed by atoms with Gasteiger partial charge in [-0.2, -0.15) is 0 Å². The first-order valence-corrected chi connectivity index (χ1v) is 7.01. The Morgan fingerprint density at radius 3 is 2.40 bits per heavy atom. The largest absolute Gasteiger partial charge is 0.492 e. The molecule has 1 aromatic carbocycles. The van der Waals surface area contributed by atoms with Gasteiger partial charge in [0.15, 0.2) is 0 Å². The molecule has 5 heteroatoms. The molecule has 2 N–H and O–H groups in total. The van der Waals surface area contributed by atoms with Gasteiger partial charge in [0.2, 0.25) is 0 Å². The number of amides is 1. The van der Waals surface area contributed by atoms with Gasteiger partial charge in [-0.05, 0) is 37.7 Å². The van der Waals surface area contributed by atoms with Gasteiger partial charge in [-0.25, -0.2) is 4.79 Å². The number of nitrogens with zero attached hydrogens (tertiary/aromatic N) is 1. The average molecular weight is 280 g/mol. The maximum Gasteiger partial charge on any atom is 0.405 e. The highest BCUT2D eigenvalue weighted by Gasteiger charge is 2.08. The van der Waals surface area contributed by atoms with Gasteiger partial charge in [0.05, 0.1) is 6.04 Å². The third-order valence-corrected chi connectivity index (χ3v) is 3.29. The smallest absolute Gasteiger partial charge is 0.405 e. The van der Waals surface area contributed by atoms with E-state index >= 15 is 0 Å². The molecule has 0 heterocycles. The molecule has 0 unspecified atom stereocenters. The summed E-state index contributed by atoms with van der Waals surface area (Å²) in [5, 5.41) is 11.1. The van der Waals surface area contributed by atoms with Gasteiger partial charge in [0.1, 0.15) is 12.4 Å². The van der Waals surface area contributed by atoms with Crippen molar-refractivity contribution in [3.05, 3.63) is 29.8 Å². The summed E-state index contributed by atoms with van der Waals surface area (Å²) < 4.78 is 5.68. The van der Waals surface area contributed by atoms with Crippen LogP contribution in [0.3, 0.4) is 0 Å². The number of carbonyl (C=O) groups is 1. The van der Waals surface area contributed by atoms with E-state index in [-0.39, 0.29) is 6.04 Å². The van der Waals surface area contributed by atoms with Crippen LogP contribution in [0.4, 0.5) is 4.79 Å². The molecule has 0 aliphatic heterocycles. The number of benzene rings is 1. The van der Waals surface area contributed by atoms with Gasteiger partial charge in [-0.1, -0.05) is 26.0 Å². The predicted octanol–water partition coefficient (Wildman–Crippen LogP) is 2.74. The average Bonchev–Trinajstić information content (AvgIpc) is 2.43. The molecule has 0 aromatic heterocycles. The Balaban J connectivity index is 2.44. The molecular weight excluding hydrogens is 256 g/mol. The van der Waals surface area contributed by atoms with Crippen molar-refractivity contribution in [2.24, 2.45) is 0 Å². The standard InChI is InChI=1S/C15H24N2O3/c1-4-17(5-2)10-11-20-14-8-6-13(7-9-14)12(3)16-15(18)19/h6-9,12,16H,4-5,10-11H2,1-3H3,(H,18,19)/t12-/m0/s1. The summed E-state index contributed by atoms with van der Waals surface area (Å²) in [6, 6.07) is 7.29. The maximum absolute atomic E-state index is 10.6. The Morgan fingerprint density at radius 2 is 1.90 bits per heavy atom. The second-order valence-electron chi connectivity index (χ2n) is 4.62. The van der Waals surface area contributed by atoms with Gasteiger partial charge < -0.3 is 20.1 Å². The first-order valence-electron chi connectivity index (χ1n) is 7.01. The van der Waals surface area contributed by atoms with Gasteiger partial charge in [0, 0.05) is 6.54 Å². The Bertz CT molecular complexity index is 402. The highest BCUT2D eigenvalue weighted by atomic mass is 16.5. The van der Waals surface area contributed by atoms with E-state index in [1.165, 1.54) is 0 Å². The van der Waals surface area contributed by atoms with E-state index < -0.39 is 6.09 Å². The highest BCUT2D eigenvalue weighted by molar-refractivity contribution is 5.65. The molecule has 1 amide bonds. The molecule has 0 radical (unpaired) electrons. The van der Waals surface area contributed by atoms with E-state index in [0.717, 1.165) is 30.9 Å². The zero-order chi connectivity index (χ0) is 15.0. The lowest BCUT2D eigenvalue weighted by Crippen LogP contribution is -2.27. The summed E-state index contributed by atoms with van der Waals surface area (Å²) in [5.41, 5.74) is 0.920. The second-order valence-corrected chi connectivity index (χ2v) is 4.62. The Labute approximate surface area is 120 Å². The number of likely N-dealkylation sites (N-methyl/N-ethyl adjacent to an activating group) is 1. The molecule has 0 aliphatic rings. The van der Waals surface area contributed by atoms with Gasteiger partial charge in [-0.3, -0.25) is 0 Å². The Kier molecular flexibility index (Phi) is 6.87. The monoisotopic (exact) mass is 280 g/mol. The van der Waals surface area contributed by atoms with Crippen molar-refractivity contribution in [3.8, 4) is 5.75 Å². The van der Waals surface area contributed by atoms with Crippen LogP contribution in [0.5, 0.6) is 5.75 Å². The van der Waals surface area contributed by atoms with Crippen LogP contribution in [-0.4, -0.2) is 42.3 Å². The van der Waals surface area contributed by atoms with Crippen LogP contribution >= 0.6 is 0 Å². The molecule has 1 rings (SSSR count). The molecule has 20 heavy (non-hydrogen) atoms. The summed E-state index contributed by atoms with van der Waals surface area (Å²) in [6.07, 6.45) is -1.02. The molecule has 5 nitrogen and oxygen atoms in total. The van der Waals surface area contributed by atoms with E-state index in [2.05, 4.69) is 24.1 Å². The third-order valence-electron chi connectivity index (χ3n) is 3.29. The fourth-order valence-electron chi connectivity index (χ4n) is 1.95. The fourth-order valence-corrected chi connectivity index (χ4v) is 1.95. The summed E-state index contributed by atoms with van der Waals surface area (Å²) >= 11 is 0. The minimum Gasteiger partial charge on any atom is -0.492 e. The van der Waals surface area contributed by atoms with Crippen LogP contribution in [0, 0.1) is 0 Å². The van der Waals surface area contributed by atoms with E-state index in [1.54, 1.807) is 0 Å². The van der Waals surface area contributed by atoms with Crippen LogP contribution in [0.2, 0.25) is 0 Å². The predicted molar refractivity (Wildman–Crippen MR) is 79.3 cm³/mol. The summed E-state index contributed by atoms with van der Waals surface area (Å²) in [4.78, 5) is 12.9. The second kappa shape index (κ2) is 8.43. The third kappa shape index (κ3) is 5.48.